The number of aliphatic carboxylic acids is 1. The van der Waals surface area contributed by atoms with Gasteiger partial charge in [0, 0.05) is 12.8 Å². The summed E-state index contributed by atoms with van der Waals surface area (Å²) in [7, 11) is 0. The van der Waals surface area contributed by atoms with Crippen molar-refractivity contribution in [3.63, 3.8) is 0 Å². The lowest BCUT2D eigenvalue weighted by atomic mass is 9.87. The van der Waals surface area contributed by atoms with Gasteiger partial charge in [0.2, 0.25) is 0 Å². The van der Waals surface area contributed by atoms with E-state index in [2.05, 4.69) is 0 Å². The van der Waals surface area contributed by atoms with Crippen molar-refractivity contribution < 1.29 is 19.4 Å². The van der Waals surface area contributed by atoms with Gasteiger partial charge in [-0.25, -0.2) is 4.79 Å². The van der Waals surface area contributed by atoms with Crippen LogP contribution in [0.5, 0.6) is 0 Å². The van der Waals surface area contributed by atoms with Crippen LogP contribution in [0.25, 0.3) is 0 Å². The van der Waals surface area contributed by atoms with E-state index < -0.39 is 17.5 Å². The summed E-state index contributed by atoms with van der Waals surface area (Å²) in [4.78, 5) is 21.6. The summed E-state index contributed by atoms with van der Waals surface area (Å²) in [6.45, 7) is 5.44. The van der Waals surface area contributed by atoms with Crippen molar-refractivity contribution in [2.75, 3.05) is 0 Å². The molecule has 4 heteroatoms. The van der Waals surface area contributed by atoms with Crippen molar-refractivity contribution in [1.82, 2.24) is 0 Å². The topological polar surface area (TPSA) is 63.6 Å². The highest BCUT2D eigenvalue weighted by atomic mass is 16.5. The van der Waals surface area contributed by atoms with E-state index in [0.29, 0.717) is 12.8 Å². The minimum absolute atomic E-state index is 0.146. The fourth-order valence-corrected chi connectivity index (χ4v) is 1.37. The van der Waals surface area contributed by atoms with Crippen LogP contribution in [0.4, 0.5) is 0 Å². The number of carbonyl (C=O) groups excluding carboxylic acids is 1. The predicted octanol–water partition coefficient (Wildman–Crippen LogP) is 1.23. The minimum Gasteiger partial charge on any atom is -0.479 e. The lowest BCUT2D eigenvalue weighted by Crippen LogP contribution is -2.43. The first-order valence-corrected chi connectivity index (χ1v) is 4.70. The number of hydrogen-bond acceptors (Lipinski definition) is 3. The SMILES string of the molecule is CC(C)(C)C(OC1CC(=O)C1)C(=O)O. The van der Waals surface area contributed by atoms with E-state index in [4.69, 9.17) is 9.84 Å². The third-order valence-electron chi connectivity index (χ3n) is 2.25. The van der Waals surface area contributed by atoms with Gasteiger partial charge in [0.1, 0.15) is 5.78 Å². The number of carboxylic acid groups (broad SMARTS) is 1. The number of Topliss-reactive ketones (excluding diaryl/α,β-unsaturated/α-hetero) is 1. The molecule has 0 aromatic heterocycles. The molecule has 0 aromatic rings. The quantitative estimate of drug-likeness (QED) is 0.744. The molecule has 80 valence electrons. The van der Waals surface area contributed by atoms with E-state index in [1.54, 1.807) is 0 Å². The predicted molar refractivity (Wildman–Crippen MR) is 50.0 cm³/mol. The molecular weight excluding hydrogens is 184 g/mol. The van der Waals surface area contributed by atoms with Crippen LogP contribution < -0.4 is 0 Å². The Labute approximate surface area is 83.2 Å². The summed E-state index contributed by atoms with van der Waals surface area (Å²) in [5, 5.41) is 8.93. The second kappa shape index (κ2) is 3.69. The van der Waals surface area contributed by atoms with E-state index in [0.717, 1.165) is 0 Å². The van der Waals surface area contributed by atoms with Gasteiger partial charge in [0.05, 0.1) is 6.10 Å². The normalized spacial score (nSPS) is 20.4. The fourth-order valence-electron chi connectivity index (χ4n) is 1.37. The summed E-state index contributed by atoms with van der Waals surface area (Å²) in [5.41, 5.74) is -0.440. The summed E-state index contributed by atoms with van der Waals surface area (Å²) in [6, 6.07) is 0. The first-order valence-electron chi connectivity index (χ1n) is 4.70. The average Bonchev–Trinajstić information content (AvgIpc) is 1.92. The standard InChI is InChI=1S/C10H16O4/c1-10(2,3)8(9(12)13)14-7-4-6(11)5-7/h7-8H,4-5H2,1-3H3,(H,12,13). The molecule has 4 nitrogen and oxygen atoms in total. The number of hydrogen-bond donors (Lipinski definition) is 1. The molecule has 14 heavy (non-hydrogen) atoms. The first kappa shape index (κ1) is 11.2. The molecule has 0 aliphatic heterocycles. The third kappa shape index (κ3) is 2.54. The van der Waals surface area contributed by atoms with Gasteiger partial charge in [-0.1, -0.05) is 20.8 Å². The Morgan fingerprint density at radius 3 is 2.29 bits per heavy atom. The van der Waals surface area contributed by atoms with Crippen molar-refractivity contribution in [3.8, 4) is 0 Å². The number of ketones is 1. The van der Waals surface area contributed by atoms with E-state index in [1.165, 1.54) is 0 Å². The summed E-state index contributed by atoms with van der Waals surface area (Å²) >= 11 is 0. The zero-order valence-electron chi connectivity index (χ0n) is 8.74. The molecule has 1 rings (SSSR count). The van der Waals surface area contributed by atoms with Gasteiger partial charge in [-0.2, -0.15) is 0 Å². The molecule has 0 saturated heterocycles. The first-order chi connectivity index (χ1) is 6.30. The zero-order valence-corrected chi connectivity index (χ0v) is 8.74. The molecule has 0 amide bonds. The lowest BCUT2D eigenvalue weighted by molar-refractivity contribution is -0.172. The summed E-state index contributed by atoms with van der Waals surface area (Å²) < 4.78 is 5.36. The van der Waals surface area contributed by atoms with E-state index in [9.17, 15) is 9.59 Å². The van der Waals surface area contributed by atoms with Crippen LogP contribution in [0.15, 0.2) is 0 Å². The van der Waals surface area contributed by atoms with Crippen LogP contribution in [0, 0.1) is 5.41 Å². The Hall–Kier alpha value is -0.900. The number of carboxylic acids is 1. The average molecular weight is 200 g/mol. The Morgan fingerprint density at radius 1 is 1.50 bits per heavy atom. The molecule has 1 unspecified atom stereocenters. The van der Waals surface area contributed by atoms with Crippen LogP contribution in [0.2, 0.25) is 0 Å². The van der Waals surface area contributed by atoms with Crippen LogP contribution >= 0.6 is 0 Å². The van der Waals surface area contributed by atoms with E-state index in [1.807, 2.05) is 20.8 Å². The third-order valence-corrected chi connectivity index (χ3v) is 2.25. The molecule has 1 N–H and O–H groups in total. The summed E-state index contributed by atoms with van der Waals surface area (Å²) in [5.74, 6) is -0.815. The van der Waals surface area contributed by atoms with E-state index in [-0.39, 0.29) is 11.9 Å². The highest BCUT2D eigenvalue weighted by molar-refractivity contribution is 5.85. The van der Waals surface area contributed by atoms with Gasteiger partial charge >= 0.3 is 5.97 Å². The van der Waals surface area contributed by atoms with Gasteiger partial charge < -0.3 is 9.84 Å². The van der Waals surface area contributed by atoms with Gasteiger partial charge in [-0.15, -0.1) is 0 Å². The molecular formula is C10H16O4. The molecule has 1 aliphatic rings. The molecule has 1 saturated carbocycles. The van der Waals surface area contributed by atoms with Crippen LogP contribution in [-0.2, 0) is 14.3 Å². The van der Waals surface area contributed by atoms with Crippen LogP contribution in [0.3, 0.4) is 0 Å². The molecule has 0 bridgehead atoms. The van der Waals surface area contributed by atoms with Crippen molar-refractivity contribution in [2.24, 2.45) is 5.41 Å². The molecule has 0 aromatic carbocycles. The molecule has 1 atom stereocenters. The highest BCUT2D eigenvalue weighted by Crippen LogP contribution is 2.28. The maximum Gasteiger partial charge on any atom is 0.333 e. The molecule has 0 spiro atoms. The Morgan fingerprint density at radius 2 is 2.00 bits per heavy atom. The maximum absolute atomic E-state index is 10.9. The zero-order chi connectivity index (χ0) is 10.9. The molecule has 0 heterocycles. The van der Waals surface area contributed by atoms with Crippen molar-refractivity contribution >= 4 is 11.8 Å². The Kier molecular flexibility index (Phi) is 2.95. The molecule has 1 fully saturated rings. The van der Waals surface area contributed by atoms with Crippen molar-refractivity contribution in [1.29, 1.82) is 0 Å². The van der Waals surface area contributed by atoms with Crippen molar-refractivity contribution in [3.05, 3.63) is 0 Å². The van der Waals surface area contributed by atoms with Crippen molar-refractivity contribution in [2.45, 2.75) is 45.8 Å². The monoisotopic (exact) mass is 200 g/mol. The number of rotatable bonds is 3. The van der Waals surface area contributed by atoms with Gasteiger partial charge in [-0.05, 0) is 5.41 Å². The minimum atomic E-state index is -0.961. The number of carbonyl (C=O) groups is 2. The van der Waals surface area contributed by atoms with Crippen LogP contribution in [-0.4, -0.2) is 29.1 Å². The lowest BCUT2D eigenvalue weighted by Gasteiger charge is -2.33. The van der Waals surface area contributed by atoms with Gasteiger partial charge in [-0.3, -0.25) is 4.79 Å². The van der Waals surface area contributed by atoms with E-state index >= 15 is 0 Å². The second-order valence-corrected chi connectivity index (χ2v) is 4.79. The second-order valence-electron chi connectivity index (χ2n) is 4.79. The van der Waals surface area contributed by atoms with Gasteiger partial charge in [0.15, 0.2) is 6.10 Å². The highest BCUT2D eigenvalue weighted by Gasteiger charge is 2.38. The maximum atomic E-state index is 10.9. The fraction of sp³-hybridized carbons (Fsp3) is 0.800. The largest absolute Gasteiger partial charge is 0.479 e. The summed E-state index contributed by atoms with van der Waals surface area (Å²) in [6.07, 6.45) is -0.303. The van der Waals surface area contributed by atoms with Crippen LogP contribution in [0.1, 0.15) is 33.6 Å². The molecule has 1 aliphatic carbocycles. The van der Waals surface area contributed by atoms with Gasteiger partial charge in [0.25, 0.3) is 0 Å². The molecule has 0 radical (unpaired) electrons. The number of ether oxygens (including phenoxy) is 1. The smallest absolute Gasteiger partial charge is 0.333 e. The Balaban J connectivity index is 2.53. The Bertz CT molecular complexity index is 243.